The van der Waals surface area contributed by atoms with Crippen molar-refractivity contribution in [1.29, 1.82) is 0 Å². The van der Waals surface area contributed by atoms with Crippen LogP contribution >= 0.6 is 11.8 Å². The zero-order chi connectivity index (χ0) is 16.8. The molecule has 0 aliphatic heterocycles. The Kier molecular flexibility index (Phi) is 6.18. The van der Waals surface area contributed by atoms with Crippen LogP contribution < -0.4 is 5.32 Å². The molecule has 0 spiro atoms. The Bertz CT molecular complexity index is 671. The van der Waals surface area contributed by atoms with Crippen LogP contribution in [0, 0.1) is 19.7 Å². The van der Waals surface area contributed by atoms with E-state index in [4.69, 9.17) is 4.74 Å². The summed E-state index contributed by atoms with van der Waals surface area (Å²) in [6, 6.07) is 5.69. The van der Waals surface area contributed by atoms with E-state index in [-0.39, 0.29) is 17.5 Å². The van der Waals surface area contributed by atoms with Crippen LogP contribution in [-0.2, 0) is 16.1 Å². The number of carbonyl (C=O) groups excluding carboxylic acids is 1. The fraction of sp³-hybridized carbons (Fsp3) is 0.375. The van der Waals surface area contributed by atoms with E-state index in [0.717, 1.165) is 16.5 Å². The van der Waals surface area contributed by atoms with Crippen molar-refractivity contribution in [2.45, 2.75) is 25.5 Å². The minimum Gasteiger partial charge on any atom is -0.383 e. The molecule has 1 amide bonds. The smallest absolute Gasteiger partial charge is 0.234 e. The molecule has 0 aliphatic carbocycles. The molecular formula is C16H20FN3O2S. The summed E-state index contributed by atoms with van der Waals surface area (Å²) in [6.45, 7) is 5.24. The number of amides is 1. The lowest BCUT2D eigenvalue weighted by molar-refractivity contribution is -0.113. The van der Waals surface area contributed by atoms with Gasteiger partial charge in [-0.3, -0.25) is 4.79 Å². The fourth-order valence-corrected chi connectivity index (χ4v) is 2.96. The zero-order valence-electron chi connectivity index (χ0n) is 13.4. The molecule has 0 saturated heterocycles. The number of methoxy groups -OCH3 is 1. The Labute approximate surface area is 139 Å². The molecule has 7 heteroatoms. The number of hydrogen-bond donors (Lipinski definition) is 1. The second kappa shape index (κ2) is 8.12. The molecular weight excluding hydrogens is 317 g/mol. The van der Waals surface area contributed by atoms with Gasteiger partial charge in [-0.15, -0.1) is 0 Å². The van der Waals surface area contributed by atoms with Gasteiger partial charge in [0.05, 0.1) is 18.1 Å². The molecule has 0 unspecified atom stereocenters. The maximum atomic E-state index is 12.8. The zero-order valence-corrected chi connectivity index (χ0v) is 14.2. The van der Waals surface area contributed by atoms with Crippen molar-refractivity contribution in [2.75, 3.05) is 24.8 Å². The van der Waals surface area contributed by atoms with E-state index >= 15 is 0 Å². The number of hydrogen-bond acceptors (Lipinski definition) is 4. The number of anilines is 1. The quantitative estimate of drug-likeness (QED) is 0.789. The summed E-state index contributed by atoms with van der Waals surface area (Å²) >= 11 is 1.37. The molecule has 1 heterocycles. The molecule has 1 aromatic carbocycles. The molecule has 1 N–H and O–H groups in total. The topological polar surface area (TPSA) is 56.1 Å². The Morgan fingerprint density at radius 2 is 2.04 bits per heavy atom. The molecule has 23 heavy (non-hydrogen) atoms. The van der Waals surface area contributed by atoms with Gasteiger partial charge in [-0.1, -0.05) is 11.8 Å². The minimum atomic E-state index is -0.330. The average molecular weight is 337 g/mol. The van der Waals surface area contributed by atoms with Gasteiger partial charge in [0.15, 0.2) is 5.16 Å². The van der Waals surface area contributed by atoms with Gasteiger partial charge >= 0.3 is 0 Å². The van der Waals surface area contributed by atoms with E-state index in [0.29, 0.717) is 18.8 Å². The second-order valence-electron chi connectivity index (χ2n) is 5.05. The molecule has 124 valence electrons. The molecule has 0 saturated carbocycles. The van der Waals surface area contributed by atoms with E-state index in [2.05, 4.69) is 14.9 Å². The lowest BCUT2D eigenvalue weighted by Gasteiger charge is -2.09. The van der Waals surface area contributed by atoms with Crippen molar-refractivity contribution in [3.05, 3.63) is 41.5 Å². The number of rotatable bonds is 7. The van der Waals surface area contributed by atoms with Crippen LogP contribution in [0.1, 0.15) is 11.4 Å². The van der Waals surface area contributed by atoms with Gasteiger partial charge < -0.3 is 14.6 Å². The summed E-state index contributed by atoms with van der Waals surface area (Å²) in [5.74, 6) is -0.248. The Hall–Kier alpha value is -1.86. The molecule has 5 nitrogen and oxygen atoms in total. The average Bonchev–Trinajstić information content (AvgIpc) is 2.80. The summed E-state index contributed by atoms with van der Waals surface area (Å²) in [4.78, 5) is 16.5. The highest BCUT2D eigenvalue weighted by Gasteiger charge is 2.13. The summed E-state index contributed by atoms with van der Waals surface area (Å²) in [7, 11) is 1.65. The third-order valence-corrected chi connectivity index (χ3v) is 4.38. The van der Waals surface area contributed by atoms with Gasteiger partial charge in [-0.25, -0.2) is 9.37 Å². The van der Waals surface area contributed by atoms with Crippen molar-refractivity contribution in [3.8, 4) is 0 Å². The number of imidazole rings is 1. The number of aryl methyl sites for hydroxylation is 1. The Balaban J connectivity index is 1.95. The predicted molar refractivity (Wildman–Crippen MR) is 89.3 cm³/mol. The number of benzene rings is 1. The molecule has 0 aliphatic rings. The summed E-state index contributed by atoms with van der Waals surface area (Å²) < 4.78 is 20.0. The fourth-order valence-electron chi connectivity index (χ4n) is 2.04. The molecule has 2 aromatic rings. The van der Waals surface area contributed by atoms with Crippen LogP contribution in [0.2, 0.25) is 0 Å². The van der Waals surface area contributed by atoms with E-state index in [9.17, 15) is 9.18 Å². The third-order valence-electron chi connectivity index (χ3n) is 3.40. The largest absolute Gasteiger partial charge is 0.383 e. The van der Waals surface area contributed by atoms with Crippen LogP contribution in [0.4, 0.5) is 10.1 Å². The molecule has 0 radical (unpaired) electrons. The third kappa shape index (κ3) is 4.80. The number of nitrogens with one attached hydrogen (secondary N) is 1. The maximum Gasteiger partial charge on any atom is 0.234 e. The summed E-state index contributed by atoms with van der Waals surface area (Å²) in [5, 5.41) is 3.53. The summed E-state index contributed by atoms with van der Waals surface area (Å²) in [5.41, 5.74) is 2.60. The minimum absolute atomic E-state index is 0.154. The van der Waals surface area contributed by atoms with Crippen molar-refractivity contribution in [2.24, 2.45) is 0 Å². The number of carbonyl (C=O) groups is 1. The highest BCUT2D eigenvalue weighted by molar-refractivity contribution is 7.99. The van der Waals surface area contributed by atoms with Gasteiger partial charge in [-0.2, -0.15) is 0 Å². The van der Waals surface area contributed by atoms with Crippen molar-refractivity contribution >= 4 is 23.4 Å². The number of ether oxygens (including phenoxy) is 1. The maximum absolute atomic E-state index is 12.8. The Morgan fingerprint density at radius 3 is 2.70 bits per heavy atom. The van der Waals surface area contributed by atoms with E-state index in [1.54, 1.807) is 7.11 Å². The monoisotopic (exact) mass is 337 g/mol. The van der Waals surface area contributed by atoms with E-state index in [1.807, 2.05) is 13.8 Å². The van der Waals surface area contributed by atoms with Gasteiger partial charge in [0, 0.05) is 25.0 Å². The van der Waals surface area contributed by atoms with Gasteiger partial charge in [0.25, 0.3) is 0 Å². The number of halogens is 1. The molecule has 0 atom stereocenters. The van der Waals surface area contributed by atoms with Crippen molar-refractivity contribution < 1.29 is 13.9 Å². The SMILES string of the molecule is COCCn1c(SCC(=O)Nc2ccc(F)cc2)nc(C)c1C. The lowest BCUT2D eigenvalue weighted by atomic mass is 10.3. The van der Waals surface area contributed by atoms with Crippen molar-refractivity contribution in [3.63, 3.8) is 0 Å². The standard InChI is InChI=1S/C16H20FN3O2S/c1-11-12(2)20(8-9-22-3)16(18-11)23-10-15(21)19-14-6-4-13(17)5-7-14/h4-7H,8-10H2,1-3H3,(H,19,21). The van der Waals surface area contributed by atoms with Gasteiger partial charge in [0.1, 0.15) is 5.82 Å². The van der Waals surface area contributed by atoms with Gasteiger partial charge in [-0.05, 0) is 38.1 Å². The molecule has 0 fully saturated rings. The first-order chi connectivity index (χ1) is 11.0. The number of thioether (sulfide) groups is 1. The Morgan fingerprint density at radius 1 is 1.35 bits per heavy atom. The highest BCUT2D eigenvalue weighted by atomic mass is 32.2. The van der Waals surface area contributed by atoms with Crippen LogP contribution in [0.3, 0.4) is 0 Å². The van der Waals surface area contributed by atoms with Crippen LogP contribution in [0.15, 0.2) is 29.4 Å². The normalized spacial score (nSPS) is 10.8. The highest BCUT2D eigenvalue weighted by Crippen LogP contribution is 2.21. The molecule has 2 rings (SSSR count). The van der Waals surface area contributed by atoms with Crippen LogP contribution in [0.5, 0.6) is 0 Å². The van der Waals surface area contributed by atoms with Crippen LogP contribution in [0.25, 0.3) is 0 Å². The second-order valence-corrected chi connectivity index (χ2v) is 6.00. The first kappa shape index (κ1) is 17.5. The van der Waals surface area contributed by atoms with Gasteiger partial charge in [0.2, 0.25) is 5.91 Å². The van der Waals surface area contributed by atoms with E-state index in [1.165, 1.54) is 36.0 Å². The van der Waals surface area contributed by atoms with Crippen LogP contribution in [-0.4, -0.2) is 34.9 Å². The summed E-state index contributed by atoms with van der Waals surface area (Å²) in [6.07, 6.45) is 0. The first-order valence-electron chi connectivity index (χ1n) is 7.22. The number of nitrogens with zero attached hydrogens (tertiary/aromatic N) is 2. The molecule has 1 aromatic heterocycles. The number of aromatic nitrogens is 2. The molecule has 0 bridgehead atoms. The predicted octanol–water partition coefficient (Wildman–Crippen LogP) is 3.02. The first-order valence-corrected chi connectivity index (χ1v) is 8.20. The van der Waals surface area contributed by atoms with E-state index < -0.39 is 0 Å². The van der Waals surface area contributed by atoms with Crippen molar-refractivity contribution in [1.82, 2.24) is 9.55 Å². The lowest BCUT2D eigenvalue weighted by Crippen LogP contribution is -2.15.